The Morgan fingerprint density at radius 1 is 1.36 bits per heavy atom. The van der Waals surface area contributed by atoms with Gasteiger partial charge in [0.25, 0.3) is 0 Å². The standard InChI is InChI=1S/C24H35NO3/c1-4-6-7-8-13-27-22-10-9-20(19(5-2)15-22)14-18(3)21-11-12-24(16-21)17-28-23(26)25-24/h5,7-8,14,21-22H,3-4,6,9-13,15-17H2,1-2H3,(H,25,26)/b8-7-,19-5-,20-14-/t21-,22-,24+/m0/s1. The Labute approximate surface area is 169 Å². The number of ether oxygens (including phenoxy) is 2. The topological polar surface area (TPSA) is 47.6 Å². The Kier molecular flexibility index (Phi) is 7.17. The van der Waals surface area contributed by atoms with Crippen molar-refractivity contribution in [3.63, 3.8) is 0 Å². The zero-order valence-electron chi connectivity index (χ0n) is 17.5. The second-order valence-corrected chi connectivity index (χ2v) is 8.44. The summed E-state index contributed by atoms with van der Waals surface area (Å²) in [7, 11) is 0. The molecule has 0 bridgehead atoms. The number of amides is 1. The largest absolute Gasteiger partial charge is 0.447 e. The van der Waals surface area contributed by atoms with Crippen LogP contribution in [0.4, 0.5) is 4.79 Å². The lowest BCUT2D eigenvalue weighted by Crippen LogP contribution is -2.40. The fraction of sp³-hybridized carbons (Fsp3) is 0.625. The van der Waals surface area contributed by atoms with E-state index in [0.29, 0.717) is 25.2 Å². The molecule has 2 aliphatic carbocycles. The molecule has 154 valence electrons. The number of hydrogen-bond donors (Lipinski definition) is 1. The van der Waals surface area contributed by atoms with E-state index in [9.17, 15) is 4.79 Å². The van der Waals surface area contributed by atoms with Crippen molar-refractivity contribution in [1.29, 1.82) is 0 Å². The minimum absolute atomic E-state index is 0.163. The van der Waals surface area contributed by atoms with Crippen LogP contribution in [0.3, 0.4) is 0 Å². The van der Waals surface area contributed by atoms with Crippen LogP contribution in [0.1, 0.15) is 65.2 Å². The molecule has 1 spiro atoms. The van der Waals surface area contributed by atoms with Crippen LogP contribution >= 0.6 is 0 Å². The van der Waals surface area contributed by atoms with Gasteiger partial charge in [-0.2, -0.15) is 0 Å². The van der Waals surface area contributed by atoms with Crippen molar-refractivity contribution < 1.29 is 14.3 Å². The molecule has 0 aromatic heterocycles. The Morgan fingerprint density at radius 2 is 2.21 bits per heavy atom. The predicted octanol–water partition coefficient (Wildman–Crippen LogP) is 5.62. The first-order valence-electron chi connectivity index (χ1n) is 10.8. The Balaban J connectivity index is 1.53. The molecule has 3 atom stereocenters. The van der Waals surface area contributed by atoms with Crippen LogP contribution in [0.5, 0.6) is 0 Å². The zero-order valence-corrected chi connectivity index (χ0v) is 17.5. The predicted molar refractivity (Wildman–Crippen MR) is 113 cm³/mol. The Morgan fingerprint density at radius 3 is 2.93 bits per heavy atom. The number of rotatable bonds is 7. The van der Waals surface area contributed by atoms with Gasteiger partial charge in [-0.3, -0.25) is 0 Å². The molecule has 3 aliphatic rings. The van der Waals surface area contributed by atoms with Crippen molar-refractivity contribution in [3.8, 4) is 0 Å². The SMILES string of the molecule is C=C(/C=C1/CC[C@H](OC/C=C\CCC)C/C1=C/C)[C@H]1CC[C@]2(COC(=O)N2)C1. The van der Waals surface area contributed by atoms with Gasteiger partial charge < -0.3 is 14.8 Å². The van der Waals surface area contributed by atoms with Gasteiger partial charge in [0.1, 0.15) is 6.61 Å². The lowest BCUT2D eigenvalue weighted by molar-refractivity contribution is 0.0638. The van der Waals surface area contributed by atoms with Crippen LogP contribution in [0.15, 0.2) is 47.6 Å². The third kappa shape index (κ3) is 5.16. The summed E-state index contributed by atoms with van der Waals surface area (Å²) in [6, 6.07) is 0. The summed E-state index contributed by atoms with van der Waals surface area (Å²) in [5, 5.41) is 3.02. The van der Waals surface area contributed by atoms with Crippen LogP contribution < -0.4 is 5.32 Å². The number of nitrogens with one attached hydrogen (secondary N) is 1. The quantitative estimate of drug-likeness (QED) is 0.579. The third-order valence-electron chi connectivity index (χ3n) is 6.33. The highest BCUT2D eigenvalue weighted by atomic mass is 16.6. The van der Waals surface area contributed by atoms with Gasteiger partial charge in [-0.25, -0.2) is 4.79 Å². The summed E-state index contributed by atoms with van der Waals surface area (Å²) in [4.78, 5) is 11.4. The number of hydrogen-bond acceptors (Lipinski definition) is 3. The van der Waals surface area contributed by atoms with Crippen molar-refractivity contribution in [2.45, 2.75) is 76.9 Å². The maximum absolute atomic E-state index is 11.4. The van der Waals surface area contributed by atoms with Gasteiger partial charge in [-0.05, 0) is 68.9 Å². The second kappa shape index (κ2) is 9.60. The molecular formula is C24H35NO3. The third-order valence-corrected chi connectivity index (χ3v) is 6.33. The number of alkyl carbamates (subject to hydrolysis) is 1. The molecule has 3 fully saturated rings. The van der Waals surface area contributed by atoms with Crippen molar-refractivity contribution in [2.75, 3.05) is 13.2 Å². The molecule has 0 aromatic carbocycles. The zero-order chi connectivity index (χ0) is 20.0. The number of cyclic esters (lactones) is 1. The molecule has 1 N–H and O–H groups in total. The van der Waals surface area contributed by atoms with Gasteiger partial charge in [-0.15, -0.1) is 0 Å². The molecule has 2 saturated carbocycles. The first-order valence-corrected chi connectivity index (χ1v) is 10.8. The average molecular weight is 386 g/mol. The molecule has 4 nitrogen and oxygen atoms in total. The van der Waals surface area contributed by atoms with Crippen molar-refractivity contribution >= 4 is 6.09 Å². The summed E-state index contributed by atoms with van der Waals surface area (Å²) in [6.07, 6.45) is 17.3. The van der Waals surface area contributed by atoms with Crippen LogP contribution in [0.2, 0.25) is 0 Å². The molecule has 0 radical (unpaired) electrons. The molecular weight excluding hydrogens is 350 g/mol. The van der Waals surface area contributed by atoms with Gasteiger partial charge >= 0.3 is 6.09 Å². The molecule has 1 heterocycles. The molecule has 1 aliphatic heterocycles. The van der Waals surface area contributed by atoms with Gasteiger partial charge in [0.15, 0.2) is 0 Å². The average Bonchev–Trinajstić information content (AvgIpc) is 3.28. The molecule has 4 heteroatoms. The van der Waals surface area contributed by atoms with E-state index in [2.05, 4.69) is 50.0 Å². The van der Waals surface area contributed by atoms with E-state index in [1.165, 1.54) is 23.1 Å². The van der Waals surface area contributed by atoms with Crippen LogP contribution in [-0.4, -0.2) is 30.9 Å². The summed E-state index contributed by atoms with van der Waals surface area (Å²) in [5.41, 5.74) is 3.82. The first-order chi connectivity index (χ1) is 13.5. The van der Waals surface area contributed by atoms with Gasteiger partial charge in [0.2, 0.25) is 0 Å². The van der Waals surface area contributed by atoms with E-state index in [-0.39, 0.29) is 11.6 Å². The summed E-state index contributed by atoms with van der Waals surface area (Å²) < 4.78 is 11.2. The minimum Gasteiger partial charge on any atom is -0.447 e. The first kappa shape index (κ1) is 20.9. The van der Waals surface area contributed by atoms with Crippen molar-refractivity contribution in [2.24, 2.45) is 5.92 Å². The van der Waals surface area contributed by atoms with E-state index >= 15 is 0 Å². The maximum atomic E-state index is 11.4. The lowest BCUT2D eigenvalue weighted by Gasteiger charge is -2.27. The summed E-state index contributed by atoms with van der Waals surface area (Å²) >= 11 is 0. The molecule has 1 amide bonds. The van der Waals surface area contributed by atoms with Crippen LogP contribution in [0.25, 0.3) is 0 Å². The summed E-state index contributed by atoms with van der Waals surface area (Å²) in [5.74, 6) is 0.422. The molecule has 3 rings (SSSR count). The van der Waals surface area contributed by atoms with Crippen molar-refractivity contribution in [3.05, 3.63) is 47.6 Å². The number of allylic oxidation sites excluding steroid dienone is 5. The van der Waals surface area contributed by atoms with E-state index in [1.807, 2.05) is 0 Å². The molecule has 0 aromatic rings. The Bertz CT molecular complexity index is 675. The lowest BCUT2D eigenvalue weighted by atomic mass is 9.84. The highest BCUT2D eigenvalue weighted by Crippen LogP contribution is 2.42. The molecule has 28 heavy (non-hydrogen) atoms. The monoisotopic (exact) mass is 385 g/mol. The fourth-order valence-corrected chi connectivity index (χ4v) is 4.63. The maximum Gasteiger partial charge on any atom is 0.407 e. The van der Waals surface area contributed by atoms with E-state index < -0.39 is 0 Å². The minimum atomic E-state index is -0.274. The number of carbonyl (C=O) groups is 1. The van der Waals surface area contributed by atoms with E-state index in [4.69, 9.17) is 9.47 Å². The highest BCUT2D eigenvalue weighted by Gasteiger charge is 2.46. The van der Waals surface area contributed by atoms with E-state index in [1.54, 1.807) is 0 Å². The molecule has 0 unspecified atom stereocenters. The summed E-state index contributed by atoms with van der Waals surface area (Å²) in [6.45, 7) is 9.89. The van der Waals surface area contributed by atoms with Gasteiger partial charge in [-0.1, -0.05) is 49.8 Å². The highest BCUT2D eigenvalue weighted by molar-refractivity contribution is 5.70. The van der Waals surface area contributed by atoms with Crippen molar-refractivity contribution in [1.82, 2.24) is 5.32 Å². The number of carbonyl (C=O) groups excluding carboxylic acids is 1. The van der Waals surface area contributed by atoms with Crippen LogP contribution in [-0.2, 0) is 9.47 Å². The molecule has 1 saturated heterocycles. The Hall–Kier alpha value is -1.81. The fourth-order valence-electron chi connectivity index (χ4n) is 4.63. The van der Waals surface area contributed by atoms with Gasteiger partial charge in [0, 0.05) is 0 Å². The second-order valence-electron chi connectivity index (χ2n) is 8.44. The number of unbranched alkanes of at least 4 members (excludes halogenated alkanes) is 1. The normalized spacial score (nSPS) is 33.1. The smallest absolute Gasteiger partial charge is 0.407 e. The van der Waals surface area contributed by atoms with E-state index in [0.717, 1.165) is 44.9 Å². The van der Waals surface area contributed by atoms with Crippen LogP contribution in [0, 0.1) is 5.92 Å². The van der Waals surface area contributed by atoms with Gasteiger partial charge in [0.05, 0.1) is 18.2 Å².